The number of rotatable bonds is 8. The number of hydrogen-bond acceptors (Lipinski definition) is 8. The summed E-state index contributed by atoms with van der Waals surface area (Å²) >= 11 is 0. The van der Waals surface area contributed by atoms with E-state index >= 15 is 0 Å². The summed E-state index contributed by atoms with van der Waals surface area (Å²) < 4.78 is 94.4. The van der Waals surface area contributed by atoms with Gasteiger partial charge < -0.3 is 18.9 Å². The molecule has 6 rings (SSSR count). The Morgan fingerprint density at radius 3 is 2.37 bits per heavy atom. The zero-order chi connectivity index (χ0) is 32.8. The van der Waals surface area contributed by atoms with Crippen molar-refractivity contribution in [2.75, 3.05) is 31.8 Å². The van der Waals surface area contributed by atoms with Gasteiger partial charge in [0.2, 0.25) is 5.88 Å². The highest BCUT2D eigenvalue weighted by Crippen LogP contribution is 2.45. The van der Waals surface area contributed by atoms with Crippen LogP contribution in [0.5, 0.6) is 5.88 Å². The van der Waals surface area contributed by atoms with E-state index < -0.39 is 30.5 Å². The number of aromatic nitrogens is 6. The molecule has 1 atom stereocenters. The highest BCUT2D eigenvalue weighted by atomic mass is 19.4. The minimum atomic E-state index is -4.60. The molecule has 1 unspecified atom stereocenters. The van der Waals surface area contributed by atoms with Crippen LogP contribution in [0.4, 0.5) is 32.2 Å². The molecule has 0 radical (unpaired) electrons. The largest absolute Gasteiger partial charge is 0.480 e. The van der Waals surface area contributed by atoms with Gasteiger partial charge in [-0.2, -0.15) is 26.3 Å². The molecule has 1 aliphatic heterocycles. The Morgan fingerprint density at radius 1 is 1.00 bits per heavy atom. The van der Waals surface area contributed by atoms with Gasteiger partial charge in [0.15, 0.2) is 11.5 Å². The molecular weight excluding hydrogens is 616 g/mol. The molecule has 0 N–H and O–H groups in total. The third kappa shape index (κ3) is 6.50. The summed E-state index contributed by atoms with van der Waals surface area (Å²) in [7, 11) is 1.45. The van der Waals surface area contributed by atoms with Gasteiger partial charge in [0.25, 0.3) is 0 Å². The van der Waals surface area contributed by atoms with Crippen molar-refractivity contribution in [3.63, 3.8) is 0 Å². The Kier molecular flexibility index (Phi) is 8.38. The standard InChI is InChI=1S/C31H31F6N7O2/c1-17(2)44-14-23(31(35,36)37)41-27(44)20-8-4-18(5-9-20)22-15-46-11-10-43(22)28-21(12-30(32,33)34)13-38-26(42-28)24-25(19-6-7-19)39-16-40-29(24)45-3/h4-5,8-9,13-14,16-17,19,22H,6-7,10-12,15H2,1-3H3. The van der Waals surface area contributed by atoms with Crippen molar-refractivity contribution in [2.24, 2.45) is 0 Å². The molecular formula is C31H31F6N7O2. The van der Waals surface area contributed by atoms with E-state index in [1.807, 2.05) is 0 Å². The van der Waals surface area contributed by atoms with Crippen molar-refractivity contribution in [2.45, 2.75) is 63.5 Å². The van der Waals surface area contributed by atoms with Crippen LogP contribution in [0.25, 0.3) is 22.8 Å². The maximum absolute atomic E-state index is 13.8. The van der Waals surface area contributed by atoms with Gasteiger partial charge in [-0.05, 0) is 32.3 Å². The molecule has 0 bridgehead atoms. The van der Waals surface area contributed by atoms with Crippen LogP contribution in [0.15, 0.2) is 43.0 Å². The molecule has 1 saturated carbocycles. The quantitative estimate of drug-likeness (QED) is 0.190. The summed E-state index contributed by atoms with van der Waals surface area (Å²) in [5, 5.41) is 0. The molecule has 0 spiro atoms. The first-order chi connectivity index (χ1) is 21.8. The summed E-state index contributed by atoms with van der Waals surface area (Å²) in [5.41, 5.74) is 1.17. The lowest BCUT2D eigenvalue weighted by atomic mass is 10.0. The van der Waals surface area contributed by atoms with Crippen molar-refractivity contribution in [3.8, 4) is 28.7 Å². The van der Waals surface area contributed by atoms with Crippen LogP contribution < -0.4 is 9.64 Å². The Balaban J connectivity index is 1.40. The highest BCUT2D eigenvalue weighted by molar-refractivity contribution is 5.68. The van der Waals surface area contributed by atoms with Crippen LogP contribution in [0.3, 0.4) is 0 Å². The van der Waals surface area contributed by atoms with Crippen LogP contribution in [-0.4, -0.2) is 62.5 Å². The summed E-state index contributed by atoms with van der Waals surface area (Å²) in [6, 6.07) is 5.91. The zero-order valence-corrected chi connectivity index (χ0v) is 25.2. The number of halogens is 6. The summed E-state index contributed by atoms with van der Waals surface area (Å²) in [5.74, 6) is 0.791. The molecule has 1 aliphatic carbocycles. The van der Waals surface area contributed by atoms with Crippen molar-refractivity contribution in [1.29, 1.82) is 0 Å². The van der Waals surface area contributed by atoms with Crippen molar-refractivity contribution < 1.29 is 35.8 Å². The monoisotopic (exact) mass is 647 g/mol. The molecule has 0 amide bonds. The number of alkyl halides is 6. The first kappa shape index (κ1) is 31.7. The van der Waals surface area contributed by atoms with Crippen LogP contribution >= 0.6 is 0 Å². The average molecular weight is 648 g/mol. The number of imidazole rings is 1. The van der Waals surface area contributed by atoms with E-state index in [1.165, 1.54) is 24.2 Å². The fourth-order valence-corrected chi connectivity index (χ4v) is 5.65. The van der Waals surface area contributed by atoms with Crippen LogP contribution in [0, 0.1) is 0 Å². The topological polar surface area (TPSA) is 91.1 Å². The van der Waals surface area contributed by atoms with E-state index in [9.17, 15) is 26.3 Å². The Morgan fingerprint density at radius 2 is 1.74 bits per heavy atom. The Labute approximate surface area is 260 Å². The maximum Gasteiger partial charge on any atom is 0.434 e. The van der Waals surface area contributed by atoms with E-state index in [1.54, 1.807) is 43.0 Å². The molecule has 2 aliphatic rings. The van der Waals surface area contributed by atoms with Gasteiger partial charge in [-0.1, -0.05) is 24.3 Å². The molecule has 9 nitrogen and oxygen atoms in total. The number of morpholine rings is 1. The molecule has 2 fully saturated rings. The Hall–Kier alpha value is -4.27. The number of benzene rings is 1. The maximum atomic E-state index is 13.8. The van der Waals surface area contributed by atoms with Crippen LogP contribution in [0.1, 0.15) is 67.2 Å². The van der Waals surface area contributed by atoms with Gasteiger partial charge >= 0.3 is 12.4 Å². The second kappa shape index (κ2) is 12.2. The average Bonchev–Trinajstić information content (AvgIpc) is 3.76. The molecule has 3 aromatic heterocycles. The number of methoxy groups -OCH3 is 1. The van der Waals surface area contributed by atoms with Gasteiger partial charge in [-0.15, -0.1) is 0 Å². The molecule has 4 aromatic rings. The van der Waals surface area contributed by atoms with Crippen LogP contribution in [-0.2, 0) is 17.3 Å². The first-order valence-electron chi connectivity index (χ1n) is 14.8. The van der Waals surface area contributed by atoms with Crippen molar-refractivity contribution in [3.05, 3.63) is 65.5 Å². The van der Waals surface area contributed by atoms with E-state index in [4.69, 9.17) is 14.5 Å². The summed E-state index contributed by atoms with van der Waals surface area (Å²) in [6.07, 6.45) is -5.00. The van der Waals surface area contributed by atoms with E-state index in [0.717, 1.165) is 19.0 Å². The third-order valence-corrected chi connectivity index (χ3v) is 7.99. The number of nitrogens with zero attached hydrogens (tertiary/aromatic N) is 7. The molecule has 1 aromatic carbocycles. The lowest BCUT2D eigenvalue weighted by Crippen LogP contribution is -2.41. The molecule has 1 saturated heterocycles. The second-order valence-electron chi connectivity index (χ2n) is 11.6. The first-order valence-corrected chi connectivity index (χ1v) is 14.8. The second-order valence-corrected chi connectivity index (χ2v) is 11.6. The molecule has 4 heterocycles. The molecule has 15 heteroatoms. The minimum absolute atomic E-state index is 0.0949. The molecule has 244 valence electrons. The van der Waals surface area contributed by atoms with E-state index in [2.05, 4.69) is 19.9 Å². The SMILES string of the molecule is COc1ncnc(C2CC2)c1-c1ncc(CC(F)(F)F)c(N2CCOCC2c2ccc(-c3nc(C(F)(F)F)cn3C(C)C)cc2)n1. The lowest BCUT2D eigenvalue weighted by Gasteiger charge is -2.38. The Bertz CT molecular complexity index is 1700. The smallest absolute Gasteiger partial charge is 0.434 e. The van der Waals surface area contributed by atoms with Gasteiger partial charge in [0.1, 0.15) is 23.5 Å². The number of anilines is 1. The summed E-state index contributed by atoms with van der Waals surface area (Å²) in [4.78, 5) is 23.3. The van der Waals surface area contributed by atoms with E-state index in [-0.39, 0.29) is 60.6 Å². The van der Waals surface area contributed by atoms with Crippen molar-refractivity contribution in [1.82, 2.24) is 29.5 Å². The fourth-order valence-electron chi connectivity index (χ4n) is 5.65. The third-order valence-electron chi connectivity index (χ3n) is 7.99. The normalized spacial score (nSPS) is 17.5. The zero-order valence-electron chi connectivity index (χ0n) is 25.2. The summed E-state index contributed by atoms with van der Waals surface area (Å²) in [6.45, 7) is 4.15. The van der Waals surface area contributed by atoms with Crippen LogP contribution in [0.2, 0.25) is 0 Å². The fraction of sp³-hybridized carbons (Fsp3) is 0.452. The number of hydrogen-bond donors (Lipinski definition) is 0. The number of ether oxygens (including phenoxy) is 2. The van der Waals surface area contributed by atoms with E-state index in [0.29, 0.717) is 22.4 Å². The van der Waals surface area contributed by atoms with Gasteiger partial charge in [-0.25, -0.2) is 24.9 Å². The lowest BCUT2D eigenvalue weighted by molar-refractivity contribution is -0.141. The predicted octanol–water partition coefficient (Wildman–Crippen LogP) is 6.97. The van der Waals surface area contributed by atoms with Gasteiger partial charge in [0.05, 0.1) is 38.5 Å². The minimum Gasteiger partial charge on any atom is -0.480 e. The highest BCUT2D eigenvalue weighted by Gasteiger charge is 2.37. The van der Waals surface area contributed by atoms with Gasteiger partial charge in [-0.3, -0.25) is 0 Å². The predicted molar refractivity (Wildman–Crippen MR) is 155 cm³/mol. The van der Waals surface area contributed by atoms with Gasteiger partial charge in [0, 0.05) is 42.0 Å². The molecule has 46 heavy (non-hydrogen) atoms. The van der Waals surface area contributed by atoms with Crippen molar-refractivity contribution >= 4 is 5.82 Å².